The Morgan fingerprint density at radius 1 is 1.14 bits per heavy atom. The van der Waals surface area contributed by atoms with Crippen LogP contribution in [0.4, 0.5) is 5.69 Å². The fraction of sp³-hybridized carbons (Fsp3) is 0.250. The zero-order valence-electron chi connectivity index (χ0n) is 11.8. The lowest BCUT2D eigenvalue weighted by molar-refractivity contribution is 0.733. The number of rotatable bonds is 1. The van der Waals surface area contributed by atoms with Crippen molar-refractivity contribution in [1.82, 2.24) is 14.8 Å². The average Bonchev–Trinajstić information content (AvgIpc) is 2.88. The van der Waals surface area contributed by atoms with Crippen molar-refractivity contribution >= 4 is 28.2 Å². The first-order valence-electron chi connectivity index (χ1n) is 7.00. The van der Waals surface area contributed by atoms with Gasteiger partial charge in [-0.3, -0.25) is 9.67 Å². The molecule has 1 aromatic carbocycles. The minimum Gasteiger partial charge on any atom is -0.365 e. The van der Waals surface area contributed by atoms with Gasteiger partial charge in [-0.05, 0) is 29.7 Å². The Balaban J connectivity index is 1.75. The van der Waals surface area contributed by atoms with Crippen molar-refractivity contribution in [3.8, 4) is 0 Å². The lowest BCUT2D eigenvalue weighted by Crippen LogP contribution is -2.30. The number of aryl methyl sites for hydroxylation is 1. The van der Waals surface area contributed by atoms with E-state index in [9.17, 15) is 0 Å². The summed E-state index contributed by atoms with van der Waals surface area (Å²) < 4.78 is 1.86. The number of halogens is 1. The molecule has 4 nitrogen and oxygen atoms in total. The van der Waals surface area contributed by atoms with Gasteiger partial charge in [-0.2, -0.15) is 5.10 Å². The van der Waals surface area contributed by atoms with E-state index in [0.29, 0.717) is 0 Å². The van der Waals surface area contributed by atoms with Crippen molar-refractivity contribution in [2.45, 2.75) is 13.0 Å². The summed E-state index contributed by atoms with van der Waals surface area (Å²) in [5.74, 6) is 0. The van der Waals surface area contributed by atoms with Gasteiger partial charge < -0.3 is 4.90 Å². The molecule has 0 unspecified atom stereocenters. The molecular weight excluding hydrogens is 284 g/mol. The van der Waals surface area contributed by atoms with E-state index in [2.05, 4.69) is 27.1 Å². The van der Waals surface area contributed by atoms with Gasteiger partial charge in [0, 0.05) is 30.5 Å². The Bertz CT molecular complexity index is 824. The van der Waals surface area contributed by atoms with E-state index >= 15 is 0 Å². The number of pyridine rings is 1. The largest absolute Gasteiger partial charge is 0.365 e. The van der Waals surface area contributed by atoms with Gasteiger partial charge in [0.05, 0.1) is 29.8 Å². The molecule has 0 bridgehead atoms. The minimum atomic E-state index is 0.818. The fourth-order valence-electron chi connectivity index (χ4n) is 3.02. The van der Waals surface area contributed by atoms with Crippen LogP contribution < -0.4 is 4.90 Å². The first-order chi connectivity index (χ1) is 10.2. The maximum Gasteiger partial charge on any atom is 0.0883 e. The molecule has 0 saturated carbocycles. The van der Waals surface area contributed by atoms with E-state index in [1.165, 1.54) is 11.1 Å². The minimum absolute atomic E-state index is 0.818. The Morgan fingerprint density at radius 3 is 2.95 bits per heavy atom. The number of benzene rings is 1. The van der Waals surface area contributed by atoms with Crippen molar-refractivity contribution in [2.24, 2.45) is 7.05 Å². The highest BCUT2D eigenvalue weighted by Gasteiger charge is 2.19. The Labute approximate surface area is 128 Å². The molecule has 106 valence electrons. The zero-order chi connectivity index (χ0) is 14.4. The van der Waals surface area contributed by atoms with Crippen LogP contribution in [0.3, 0.4) is 0 Å². The van der Waals surface area contributed by atoms with Crippen molar-refractivity contribution in [2.75, 3.05) is 11.4 Å². The molecule has 3 heterocycles. The van der Waals surface area contributed by atoms with Gasteiger partial charge in [0.1, 0.15) is 0 Å². The summed E-state index contributed by atoms with van der Waals surface area (Å²) in [6.07, 6.45) is 6.73. The Kier molecular flexibility index (Phi) is 2.86. The summed E-state index contributed by atoms with van der Waals surface area (Å²) in [6, 6.07) is 6.17. The summed E-state index contributed by atoms with van der Waals surface area (Å²) in [4.78, 5) is 6.74. The van der Waals surface area contributed by atoms with Crippen molar-refractivity contribution in [3.63, 3.8) is 0 Å². The molecule has 0 fully saturated rings. The van der Waals surface area contributed by atoms with Gasteiger partial charge in [0.2, 0.25) is 0 Å². The van der Waals surface area contributed by atoms with Crippen molar-refractivity contribution in [3.05, 3.63) is 52.9 Å². The van der Waals surface area contributed by atoms with Crippen LogP contribution in [0.25, 0.3) is 10.9 Å². The standard InChI is InChI=1S/C16H15ClN4/c1-20-15-8-18-9-16(14(15)7-19-20)21-5-4-11-6-13(17)3-2-12(11)10-21/h2-3,6-9H,4-5,10H2,1H3. The summed E-state index contributed by atoms with van der Waals surface area (Å²) in [5.41, 5.74) is 4.91. The van der Waals surface area contributed by atoms with Gasteiger partial charge >= 0.3 is 0 Å². The zero-order valence-corrected chi connectivity index (χ0v) is 12.5. The van der Waals surface area contributed by atoms with Crippen LogP contribution in [-0.4, -0.2) is 21.3 Å². The molecule has 0 N–H and O–H groups in total. The second-order valence-corrected chi connectivity index (χ2v) is 5.88. The topological polar surface area (TPSA) is 34.0 Å². The molecule has 0 amide bonds. The molecule has 5 heteroatoms. The monoisotopic (exact) mass is 298 g/mol. The molecule has 0 aliphatic carbocycles. The maximum absolute atomic E-state index is 6.08. The normalized spacial score (nSPS) is 14.5. The number of nitrogens with zero attached hydrogens (tertiary/aromatic N) is 4. The van der Waals surface area contributed by atoms with Gasteiger partial charge in [0.25, 0.3) is 0 Å². The third-order valence-corrected chi connectivity index (χ3v) is 4.41. The number of aromatic nitrogens is 3. The van der Waals surface area contributed by atoms with E-state index in [1.54, 1.807) is 0 Å². The lowest BCUT2D eigenvalue weighted by Gasteiger charge is -2.31. The second kappa shape index (κ2) is 4.74. The first-order valence-corrected chi connectivity index (χ1v) is 7.38. The summed E-state index contributed by atoms with van der Waals surface area (Å²) in [5, 5.41) is 6.31. The summed E-state index contributed by atoms with van der Waals surface area (Å²) >= 11 is 6.08. The number of hydrogen-bond acceptors (Lipinski definition) is 3. The van der Waals surface area contributed by atoms with Crippen LogP contribution in [0.5, 0.6) is 0 Å². The molecule has 0 spiro atoms. The number of fused-ring (bicyclic) bond motifs is 2. The Morgan fingerprint density at radius 2 is 2.05 bits per heavy atom. The van der Waals surface area contributed by atoms with E-state index < -0.39 is 0 Å². The average molecular weight is 299 g/mol. The van der Waals surface area contributed by atoms with E-state index in [0.717, 1.165) is 41.1 Å². The Hall–Kier alpha value is -2.07. The van der Waals surface area contributed by atoms with Gasteiger partial charge in [-0.15, -0.1) is 0 Å². The van der Waals surface area contributed by atoms with Crippen LogP contribution in [0.2, 0.25) is 5.02 Å². The van der Waals surface area contributed by atoms with Crippen LogP contribution in [-0.2, 0) is 20.0 Å². The molecule has 3 aromatic rings. The quantitative estimate of drug-likeness (QED) is 0.692. The highest BCUT2D eigenvalue weighted by Crippen LogP contribution is 2.30. The molecular formula is C16H15ClN4. The van der Waals surface area contributed by atoms with Crippen molar-refractivity contribution < 1.29 is 0 Å². The molecule has 4 rings (SSSR count). The SMILES string of the molecule is Cn1ncc2c(N3CCc4cc(Cl)ccc4C3)cncc21. The summed E-state index contributed by atoms with van der Waals surface area (Å²) in [6.45, 7) is 1.87. The second-order valence-electron chi connectivity index (χ2n) is 5.44. The van der Waals surface area contributed by atoms with E-state index in [4.69, 9.17) is 11.6 Å². The van der Waals surface area contributed by atoms with E-state index in [-0.39, 0.29) is 0 Å². The smallest absolute Gasteiger partial charge is 0.0883 e. The van der Waals surface area contributed by atoms with E-state index in [1.807, 2.05) is 36.4 Å². The highest BCUT2D eigenvalue weighted by atomic mass is 35.5. The summed E-state index contributed by atoms with van der Waals surface area (Å²) in [7, 11) is 1.95. The third kappa shape index (κ3) is 2.07. The van der Waals surface area contributed by atoms with Crippen LogP contribution in [0.1, 0.15) is 11.1 Å². The fourth-order valence-corrected chi connectivity index (χ4v) is 3.22. The molecule has 2 aromatic heterocycles. The molecule has 0 radical (unpaired) electrons. The predicted molar refractivity (Wildman–Crippen MR) is 84.7 cm³/mol. The van der Waals surface area contributed by atoms with Crippen LogP contribution >= 0.6 is 11.6 Å². The molecule has 1 aliphatic rings. The van der Waals surface area contributed by atoms with Crippen LogP contribution in [0, 0.1) is 0 Å². The van der Waals surface area contributed by atoms with Gasteiger partial charge in [0.15, 0.2) is 0 Å². The first kappa shape index (κ1) is 12.7. The number of anilines is 1. The van der Waals surface area contributed by atoms with Gasteiger partial charge in [-0.1, -0.05) is 17.7 Å². The molecule has 1 aliphatic heterocycles. The highest BCUT2D eigenvalue weighted by molar-refractivity contribution is 6.30. The third-order valence-electron chi connectivity index (χ3n) is 4.18. The van der Waals surface area contributed by atoms with Crippen LogP contribution in [0.15, 0.2) is 36.8 Å². The molecule has 0 atom stereocenters. The predicted octanol–water partition coefficient (Wildman–Crippen LogP) is 3.18. The number of hydrogen-bond donors (Lipinski definition) is 0. The lowest BCUT2D eigenvalue weighted by atomic mass is 9.99. The molecule has 21 heavy (non-hydrogen) atoms. The van der Waals surface area contributed by atoms with Gasteiger partial charge in [-0.25, -0.2) is 0 Å². The molecule has 0 saturated heterocycles. The maximum atomic E-state index is 6.08. The van der Waals surface area contributed by atoms with Crippen molar-refractivity contribution in [1.29, 1.82) is 0 Å².